The first-order valence-corrected chi connectivity index (χ1v) is 7.92. The minimum absolute atomic E-state index is 0.115. The predicted octanol–water partition coefficient (Wildman–Crippen LogP) is 2.80. The van der Waals surface area contributed by atoms with Gasteiger partial charge in [0.1, 0.15) is 6.54 Å². The Hall–Kier alpha value is -2.02. The number of amides is 1. The van der Waals surface area contributed by atoms with Crippen LogP contribution in [-0.2, 0) is 11.3 Å². The van der Waals surface area contributed by atoms with Crippen LogP contribution in [0.3, 0.4) is 0 Å². The fraction of sp³-hybridized carbons (Fsp3) is 0.471. The van der Waals surface area contributed by atoms with Crippen molar-refractivity contribution in [1.29, 1.82) is 0 Å². The first kappa shape index (κ1) is 16.8. The highest BCUT2D eigenvalue weighted by Crippen LogP contribution is 2.31. The molecule has 1 aromatic carbocycles. The van der Waals surface area contributed by atoms with Gasteiger partial charge in [-0.15, -0.1) is 0 Å². The second-order valence-electron chi connectivity index (χ2n) is 6.21. The number of aromatic nitrogens is 1. The fourth-order valence-electron chi connectivity index (χ4n) is 3.26. The second kappa shape index (κ2) is 6.47. The first-order valence-electron chi connectivity index (χ1n) is 7.92. The number of carbonyl (C=O) groups excluding carboxylic acids is 1. The first-order chi connectivity index (χ1) is 11.4. The van der Waals surface area contributed by atoms with E-state index in [1.807, 2.05) is 41.1 Å². The normalized spacial score (nSPS) is 18.1. The molecule has 1 saturated heterocycles. The number of rotatable bonds is 3. The van der Waals surface area contributed by atoms with E-state index in [1.165, 1.54) is 0 Å². The highest BCUT2D eigenvalue weighted by molar-refractivity contribution is 5.83. The van der Waals surface area contributed by atoms with Crippen molar-refractivity contribution in [3.8, 4) is 0 Å². The molecule has 1 amide bonds. The summed E-state index contributed by atoms with van der Waals surface area (Å²) in [7, 11) is 0. The van der Waals surface area contributed by atoms with Crippen molar-refractivity contribution in [1.82, 2.24) is 9.47 Å². The molecule has 3 rings (SSSR count). The van der Waals surface area contributed by atoms with Crippen molar-refractivity contribution in [3.05, 3.63) is 36.5 Å². The average molecular weight is 340 g/mol. The molecule has 1 atom stereocenters. The molecular formula is C17H19F3N2O2. The highest BCUT2D eigenvalue weighted by atomic mass is 19.4. The topological polar surface area (TPSA) is 45.5 Å². The Kier molecular flexibility index (Phi) is 4.54. The Balaban J connectivity index is 1.60. The third kappa shape index (κ3) is 3.40. The van der Waals surface area contributed by atoms with Crippen LogP contribution in [0, 0.1) is 5.92 Å². The maximum atomic E-state index is 12.6. The molecule has 1 aliphatic heterocycles. The van der Waals surface area contributed by atoms with E-state index in [-0.39, 0.29) is 38.4 Å². The van der Waals surface area contributed by atoms with Crippen LogP contribution < -0.4 is 0 Å². The number of hydrogen-bond donors (Lipinski definition) is 1. The number of nitrogens with zero attached hydrogens (tertiary/aromatic N) is 2. The molecule has 4 nitrogen and oxygen atoms in total. The van der Waals surface area contributed by atoms with Crippen LogP contribution in [0.2, 0.25) is 0 Å². The van der Waals surface area contributed by atoms with Crippen LogP contribution in [0.1, 0.15) is 12.8 Å². The van der Waals surface area contributed by atoms with Crippen molar-refractivity contribution in [3.63, 3.8) is 0 Å². The number of likely N-dealkylation sites (tertiary alicyclic amines) is 1. The van der Waals surface area contributed by atoms with E-state index < -0.39 is 18.2 Å². The molecular weight excluding hydrogens is 321 g/mol. The van der Waals surface area contributed by atoms with Gasteiger partial charge in [-0.1, -0.05) is 18.2 Å². The summed E-state index contributed by atoms with van der Waals surface area (Å²) >= 11 is 0. The van der Waals surface area contributed by atoms with Crippen LogP contribution in [0.25, 0.3) is 10.9 Å². The van der Waals surface area contributed by atoms with E-state index in [9.17, 15) is 23.1 Å². The zero-order valence-electron chi connectivity index (χ0n) is 13.0. The van der Waals surface area contributed by atoms with Crippen LogP contribution in [0.4, 0.5) is 13.2 Å². The summed E-state index contributed by atoms with van der Waals surface area (Å²) in [4.78, 5) is 14.0. The molecule has 2 heterocycles. The van der Waals surface area contributed by atoms with Gasteiger partial charge in [0.25, 0.3) is 0 Å². The van der Waals surface area contributed by atoms with Crippen molar-refractivity contribution in [2.75, 3.05) is 13.1 Å². The maximum absolute atomic E-state index is 12.6. The molecule has 1 N–H and O–H groups in total. The number of fused-ring (bicyclic) bond motifs is 1. The van der Waals surface area contributed by atoms with Gasteiger partial charge in [-0.25, -0.2) is 0 Å². The monoisotopic (exact) mass is 340 g/mol. The van der Waals surface area contributed by atoms with Crippen LogP contribution in [-0.4, -0.2) is 45.9 Å². The van der Waals surface area contributed by atoms with Gasteiger partial charge in [-0.05, 0) is 36.3 Å². The molecule has 0 spiro atoms. The van der Waals surface area contributed by atoms with Gasteiger partial charge in [-0.2, -0.15) is 13.2 Å². The third-order valence-corrected chi connectivity index (χ3v) is 4.66. The van der Waals surface area contributed by atoms with Gasteiger partial charge >= 0.3 is 6.18 Å². The van der Waals surface area contributed by atoms with Gasteiger partial charge in [0, 0.05) is 24.8 Å². The van der Waals surface area contributed by atoms with E-state index in [4.69, 9.17) is 0 Å². The Bertz CT molecular complexity index is 718. The Morgan fingerprint density at radius 1 is 1.21 bits per heavy atom. The van der Waals surface area contributed by atoms with Gasteiger partial charge in [-0.3, -0.25) is 4.79 Å². The Morgan fingerprint density at radius 2 is 1.88 bits per heavy atom. The van der Waals surface area contributed by atoms with E-state index in [0.29, 0.717) is 0 Å². The molecule has 1 unspecified atom stereocenters. The molecule has 0 radical (unpaired) electrons. The summed E-state index contributed by atoms with van der Waals surface area (Å²) in [5.74, 6) is -0.947. The summed E-state index contributed by atoms with van der Waals surface area (Å²) < 4.78 is 39.5. The summed E-state index contributed by atoms with van der Waals surface area (Å²) in [5, 5.41) is 10.4. The molecule has 0 bridgehead atoms. The van der Waals surface area contributed by atoms with Gasteiger partial charge in [0.15, 0.2) is 6.10 Å². The molecule has 1 aromatic heterocycles. The van der Waals surface area contributed by atoms with E-state index in [0.717, 1.165) is 10.9 Å². The summed E-state index contributed by atoms with van der Waals surface area (Å²) in [6.45, 7) is 0.658. The number of aliphatic hydroxyl groups excluding tert-OH is 1. The minimum Gasteiger partial charge on any atom is -0.383 e. The van der Waals surface area contributed by atoms with Crippen molar-refractivity contribution in [2.45, 2.75) is 31.7 Å². The standard InChI is InChI=1S/C17H19F3N2O2/c18-17(19,20)16(24)13-6-8-21(9-7-13)15(23)11-22-10-5-12-3-1-2-4-14(12)22/h1-5,10,13,16,24H,6-9,11H2. The molecule has 0 aliphatic carbocycles. The zero-order valence-corrected chi connectivity index (χ0v) is 13.0. The number of aliphatic hydroxyl groups is 1. The lowest BCUT2D eigenvalue weighted by Gasteiger charge is -2.34. The summed E-state index contributed by atoms with van der Waals surface area (Å²) in [6, 6.07) is 9.63. The molecule has 2 aromatic rings. The Morgan fingerprint density at radius 3 is 2.54 bits per heavy atom. The van der Waals surface area contributed by atoms with Crippen LogP contribution in [0.5, 0.6) is 0 Å². The van der Waals surface area contributed by atoms with E-state index >= 15 is 0 Å². The van der Waals surface area contributed by atoms with Crippen LogP contribution >= 0.6 is 0 Å². The van der Waals surface area contributed by atoms with Crippen LogP contribution in [0.15, 0.2) is 36.5 Å². The number of halogens is 3. The van der Waals surface area contributed by atoms with Gasteiger partial charge in [0.05, 0.1) is 0 Å². The number of benzene rings is 1. The molecule has 130 valence electrons. The quantitative estimate of drug-likeness (QED) is 0.934. The zero-order chi connectivity index (χ0) is 17.3. The molecule has 24 heavy (non-hydrogen) atoms. The number of alkyl halides is 3. The SMILES string of the molecule is O=C(Cn1ccc2ccccc21)N1CCC(C(O)C(F)(F)F)CC1. The molecule has 1 aliphatic rings. The van der Waals surface area contributed by atoms with Crippen molar-refractivity contribution >= 4 is 16.8 Å². The number of hydrogen-bond acceptors (Lipinski definition) is 2. The highest BCUT2D eigenvalue weighted by Gasteiger charge is 2.44. The summed E-state index contributed by atoms with van der Waals surface area (Å²) in [6.07, 6.45) is -4.73. The smallest absolute Gasteiger partial charge is 0.383 e. The lowest BCUT2D eigenvalue weighted by molar-refractivity contribution is -0.222. The fourth-order valence-corrected chi connectivity index (χ4v) is 3.26. The molecule has 7 heteroatoms. The lowest BCUT2D eigenvalue weighted by Crippen LogP contribution is -2.45. The second-order valence-corrected chi connectivity index (χ2v) is 6.21. The number of carbonyl (C=O) groups is 1. The Labute approximate surface area is 137 Å². The summed E-state index contributed by atoms with van der Waals surface area (Å²) in [5.41, 5.74) is 0.952. The molecule has 0 saturated carbocycles. The predicted molar refractivity (Wildman–Crippen MR) is 83.3 cm³/mol. The third-order valence-electron chi connectivity index (χ3n) is 4.66. The van der Waals surface area contributed by atoms with Crippen molar-refractivity contribution < 1.29 is 23.1 Å². The minimum atomic E-state index is -4.60. The maximum Gasteiger partial charge on any atom is 0.414 e. The largest absolute Gasteiger partial charge is 0.414 e. The number of para-hydroxylation sites is 1. The van der Waals surface area contributed by atoms with Gasteiger partial charge in [0.2, 0.25) is 5.91 Å². The van der Waals surface area contributed by atoms with E-state index in [1.54, 1.807) is 4.90 Å². The van der Waals surface area contributed by atoms with Crippen molar-refractivity contribution in [2.24, 2.45) is 5.92 Å². The number of piperidine rings is 1. The average Bonchev–Trinajstić information content (AvgIpc) is 2.96. The van der Waals surface area contributed by atoms with E-state index in [2.05, 4.69) is 0 Å². The van der Waals surface area contributed by atoms with Gasteiger partial charge < -0.3 is 14.6 Å². The molecule has 1 fully saturated rings. The lowest BCUT2D eigenvalue weighted by atomic mass is 9.91.